The lowest BCUT2D eigenvalue weighted by atomic mass is 10.0. The van der Waals surface area contributed by atoms with Gasteiger partial charge in [0.1, 0.15) is 6.61 Å². The molecule has 1 atom stereocenters. The van der Waals surface area contributed by atoms with Crippen LogP contribution in [0, 0.1) is 82.9 Å². The number of hydrogen-bond acceptors (Lipinski definition) is 5. The molecule has 0 aliphatic rings. The van der Waals surface area contributed by atoms with Crippen molar-refractivity contribution in [1.29, 1.82) is 0 Å². The van der Waals surface area contributed by atoms with Crippen molar-refractivity contribution in [2.24, 2.45) is 0 Å². The largest absolute Gasteiger partial charge is 0.456 e. The summed E-state index contributed by atoms with van der Waals surface area (Å²) < 4.78 is 10.1. The fourth-order valence-corrected chi connectivity index (χ4v) is 3.32. The van der Waals surface area contributed by atoms with Crippen molar-refractivity contribution in [1.82, 2.24) is 0 Å². The summed E-state index contributed by atoms with van der Waals surface area (Å²) in [6.45, 7) is 3.18. The van der Waals surface area contributed by atoms with Crippen molar-refractivity contribution in [3.8, 4) is 82.9 Å². The molecular formula is C35H68O5S. The average Bonchev–Trinajstić information content (AvgIpc) is 2.96. The molecule has 0 amide bonds. The minimum Gasteiger partial charge on any atom is -0.456 e. The van der Waals surface area contributed by atoms with Gasteiger partial charge in [-0.05, 0) is 84.4 Å². The van der Waals surface area contributed by atoms with Crippen LogP contribution < -0.4 is 0 Å². The van der Waals surface area contributed by atoms with Gasteiger partial charge >= 0.3 is 11.9 Å². The number of ether oxygens (including phenoxy) is 2. The molecule has 0 bridgehead atoms. The van der Waals surface area contributed by atoms with Gasteiger partial charge in [0.25, 0.3) is 0 Å². The third kappa shape index (κ3) is 30.6. The predicted molar refractivity (Wildman–Crippen MR) is 196 cm³/mol. The van der Waals surface area contributed by atoms with Crippen LogP contribution in [0.25, 0.3) is 0 Å². The fourth-order valence-electron chi connectivity index (χ4n) is 3.32. The highest BCUT2D eigenvalue weighted by Crippen LogP contribution is 2.13. The summed E-state index contributed by atoms with van der Waals surface area (Å²) >= 11 is 0. The predicted octanol–water partition coefficient (Wildman–Crippen LogP) is 8.27. The maximum absolute atomic E-state index is 12.0. The van der Waals surface area contributed by atoms with Gasteiger partial charge in [0.15, 0.2) is 6.10 Å². The van der Waals surface area contributed by atoms with Crippen LogP contribution in [0.5, 0.6) is 0 Å². The highest BCUT2D eigenvalue weighted by molar-refractivity contribution is 7.59. The molecule has 0 aliphatic heterocycles. The number of carbonyl (C=O) groups is 2. The Hall–Kier alpha value is -3.83. The van der Waals surface area contributed by atoms with E-state index in [-0.39, 0.29) is 45.1 Å². The number of unbranched alkanes of at least 4 members (excludes halogenated alkanes) is 12. The molecule has 0 aliphatic carbocycles. The molecule has 0 aromatic heterocycles. The summed E-state index contributed by atoms with van der Waals surface area (Å²) in [6.07, 6.45) is 15.3. The minimum absolute atomic E-state index is 0. The molecule has 5 nitrogen and oxygen atoms in total. The summed E-state index contributed by atoms with van der Waals surface area (Å²) in [5, 5.41) is 9.40. The number of rotatable bonds is 18. The first-order chi connectivity index (χ1) is 19.6. The lowest BCUT2D eigenvalue weighted by molar-refractivity contribution is -0.159. The molecule has 6 heteroatoms. The maximum atomic E-state index is 12.0. The van der Waals surface area contributed by atoms with E-state index in [0.717, 1.165) is 19.3 Å². The van der Waals surface area contributed by atoms with Crippen molar-refractivity contribution in [2.75, 3.05) is 13.2 Å². The number of aliphatic hydroxyl groups is 1. The SMILES string of the molecule is CC#CC#CC#CC#CC#CC#CC#CC(=O)OC[C@@H](CO)OC(=O)CCCCCCCCCCCCCCC.S.[HH].[HH].[HH].[HH].[HH].[HH].[HH].[HH].[HH].[HH].[HH].[HH].[HH]. The molecule has 41 heavy (non-hydrogen) atoms. The molecule has 0 aromatic rings. The Labute approximate surface area is 274 Å². The topological polar surface area (TPSA) is 72.8 Å². The van der Waals surface area contributed by atoms with Gasteiger partial charge in [-0.15, -0.1) is 0 Å². The van der Waals surface area contributed by atoms with E-state index in [0.29, 0.717) is 0 Å². The van der Waals surface area contributed by atoms with Crippen LogP contribution in [-0.2, 0) is 19.1 Å². The van der Waals surface area contributed by atoms with Gasteiger partial charge in [0, 0.05) is 30.9 Å². The van der Waals surface area contributed by atoms with Crippen LogP contribution in [0.4, 0.5) is 0 Å². The average molecular weight is 601 g/mol. The van der Waals surface area contributed by atoms with Gasteiger partial charge in [-0.1, -0.05) is 89.9 Å². The van der Waals surface area contributed by atoms with Gasteiger partial charge in [0.05, 0.1) is 6.61 Å². The second-order valence-electron chi connectivity index (χ2n) is 8.76. The van der Waals surface area contributed by atoms with E-state index in [9.17, 15) is 14.7 Å². The monoisotopic (exact) mass is 600 g/mol. The van der Waals surface area contributed by atoms with Gasteiger partial charge in [-0.25, -0.2) is 4.79 Å². The second kappa shape index (κ2) is 32.4. The summed E-state index contributed by atoms with van der Waals surface area (Å²) in [5.41, 5.74) is 0. The van der Waals surface area contributed by atoms with E-state index in [1.165, 1.54) is 64.2 Å². The van der Waals surface area contributed by atoms with E-state index in [1.54, 1.807) is 6.92 Å². The van der Waals surface area contributed by atoms with Crippen molar-refractivity contribution >= 4 is 25.4 Å². The van der Waals surface area contributed by atoms with E-state index in [4.69, 9.17) is 9.47 Å². The molecule has 0 spiro atoms. The fraction of sp³-hybridized carbons (Fsp3) is 0.543. The highest BCUT2D eigenvalue weighted by atomic mass is 32.1. The van der Waals surface area contributed by atoms with Gasteiger partial charge in [-0.2, -0.15) is 13.5 Å². The molecular weight excluding hydrogens is 532 g/mol. The highest BCUT2D eigenvalue weighted by Gasteiger charge is 2.15. The van der Waals surface area contributed by atoms with Crippen molar-refractivity contribution in [3.63, 3.8) is 0 Å². The molecule has 0 fully saturated rings. The number of hydrogen-bond donors (Lipinski definition) is 1. The molecule has 0 aromatic carbocycles. The zero-order valence-electron chi connectivity index (χ0n) is 24.5. The van der Waals surface area contributed by atoms with Gasteiger partial charge in [0.2, 0.25) is 0 Å². The van der Waals surface area contributed by atoms with Crippen molar-refractivity contribution in [2.45, 2.75) is 110 Å². The molecule has 244 valence electrons. The Balaban J connectivity index is -0.0000000836. The molecule has 0 unspecified atom stereocenters. The van der Waals surface area contributed by atoms with Crippen LogP contribution in [0.1, 0.15) is 122 Å². The van der Waals surface area contributed by atoms with E-state index in [1.807, 2.05) is 0 Å². The van der Waals surface area contributed by atoms with Crippen molar-refractivity contribution < 1.29 is 42.7 Å². The first kappa shape index (κ1) is 39.3. The van der Waals surface area contributed by atoms with Crippen LogP contribution in [-0.4, -0.2) is 36.4 Å². The molecule has 0 heterocycles. The summed E-state index contributed by atoms with van der Waals surface area (Å²) in [5.74, 6) is 33.0. The van der Waals surface area contributed by atoms with E-state index < -0.39 is 24.6 Å². The van der Waals surface area contributed by atoms with Crippen LogP contribution >= 0.6 is 13.5 Å². The quantitative estimate of drug-likeness (QED) is 0.0742. The van der Waals surface area contributed by atoms with Gasteiger partial charge < -0.3 is 14.6 Å². The Kier molecular flexibility index (Phi) is 31.1. The minimum atomic E-state index is -0.926. The van der Waals surface area contributed by atoms with E-state index >= 15 is 0 Å². The summed E-state index contributed by atoms with van der Waals surface area (Å²) in [7, 11) is 0. The zero-order valence-corrected chi connectivity index (χ0v) is 25.5. The first-order valence-electron chi connectivity index (χ1n) is 14.0. The standard InChI is InChI=1S/C35H40O5.H2S.13H2/c1-3-5-7-9-11-13-15-17-19-21-23-25-27-29-34(37)39-32-33(31-36)40-35(38)30-28-26-24-22-20-18-16-14-12-10-8-6-4-2;;;;;;;;;;;;;;/h33,36H,4,6,8,10,12,14,16,18,20,22,24,26,28,30-32H2,1-2H3;1H2;13*1H/t33-;;;;;;;;;;;;;;/m1............../s1. The Bertz CT molecular complexity index is 1230. The van der Waals surface area contributed by atoms with Crippen LogP contribution in [0.2, 0.25) is 0 Å². The Morgan fingerprint density at radius 1 is 0.659 bits per heavy atom. The molecule has 0 radical (unpaired) electrons. The smallest absolute Gasteiger partial charge is 0.385 e. The lowest BCUT2D eigenvalue weighted by Gasteiger charge is -2.14. The van der Waals surface area contributed by atoms with E-state index in [2.05, 4.69) is 89.8 Å². The van der Waals surface area contributed by atoms with Crippen LogP contribution in [0.3, 0.4) is 0 Å². The first-order valence-corrected chi connectivity index (χ1v) is 14.0. The van der Waals surface area contributed by atoms with Gasteiger partial charge in [-0.3, -0.25) is 4.79 Å². The number of esters is 2. The number of aliphatic hydroxyl groups excluding tert-OH is 1. The molecule has 0 saturated heterocycles. The summed E-state index contributed by atoms with van der Waals surface area (Å²) in [4.78, 5) is 23.7. The van der Waals surface area contributed by atoms with Crippen molar-refractivity contribution in [3.05, 3.63) is 0 Å². The zero-order chi connectivity index (χ0) is 29.4. The second-order valence-corrected chi connectivity index (χ2v) is 8.76. The third-order valence-corrected chi connectivity index (χ3v) is 5.36. The summed E-state index contributed by atoms with van der Waals surface area (Å²) in [6, 6.07) is 0. The third-order valence-electron chi connectivity index (χ3n) is 5.36. The number of carbonyl (C=O) groups excluding carboxylic acids is 2. The Morgan fingerprint density at radius 3 is 1.51 bits per heavy atom. The van der Waals surface area contributed by atoms with Crippen LogP contribution in [0.15, 0.2) is 0 Å². The molecule has 0 saturated carbocycles. The normalized spacial score (nSPS) is 8.95. The molecule has 0 rings (SSSR count). The molecule has 1 N–H and O–H groups in total. The lowest BCUT2D eigenvalue weighted by Crippen LogP contribution is -2.28. The maximum Gasteiger partial charge on any atom is 0.385 e. The Morgan fingerprint density at radius 2 is 1.07 bits per heavy atom.